The number of sulfonamides is 1. The van der Waals surface area contributed by atoms with Crippen LogP contribution in [-0.2, 0) is 20.4 Å². The van der Waals surface area contributed by atoms with Crippen molar-refractivity contribution >= 4 is 27.5 Å². The Balaban J connectivity index is 1.10. The Morgan fingerprint density at radius 2 is 1.66 bits per heavy atom. The highest BCUT2D eigenvalue weighted by atomic mass is 35.5. The van der Waals surface area contributed by atoms with Crippen LogP contribution in [0.1, 0.15) is 101 Å². The monoisotopic (exact) mass is 641 g/mol. The molecular formula is C36H52ClN3O3S. The van der Waals surface area contributed by atoms with Crippen molar-refractivity contribution in [3.05, 3.63) is 64.2 Å². The summed E-state index contributed by atoms with van der Waals surface area (Å²) in [4.78, 5) is 16.1. The number of hydrogen-bond acceptors (Lipinski definition) is 4. The van der Waals surface area contributed by atoms with Gasteiger partial charge in [0.25, 0.3) is 0 Å². The van der Waals surface area contributed by atoms with E-state index in [4.69, 9.17) is 11.6 Å². The maximum Gasteiger partial charge on any atom is 0.243 e. The number of nitrogens with zero attached hydrogens (tertiary/aromatic N) is 2. The lowest BCUT2D eigenvalue weighted by Crippen LogP contribution is -2.48. The van der Waals surface area contributed by atoms with Gasteiger partial charge in [-0.2, -0.15) is 4.31 Å². The molecule has 44 heavy (non-hydrogen) atoms. The van der Waals surface area contributed by atoms with Crippen molar-refractivity contribution < 1.29 is 13.2 Å². The minimum absolute atomic E-state index is 0.0275. The Morgan fingerprint density at radius 3 is 2.36 bits per heavy atom. The quantitative estimate of drug-likeness (QED) is 0.257. The lowest BCUT2D eigenvalue weighted by Gasteiger charge is -2.47. The van der Waals surface area contributed by atoms with Crippen molar-refractivity contribution in [3.63, 3.8) is 0 Å². The van der Waals surface area contributed by atoms with E-state index in [2.05, 4.69) is 40.5 Å². The van der Waals surface area contributed by atoms with Gasteiger partial charge in [-0.05, 0) is 132 Å². The van der Waals surface area contributed by atoms with Gasteiger partial charge >= 0.3 is 0 Å². The number of nitrogens with one attached hydrogen (secondary N) is 1. The summed E-state index contributed by atoms with van der Waals surface area (Å²) in [5.41, 5.74) is 3.11. The molecular weight excluding hydrogens is 590 g/mol. The van der Waals surface area contributed by atoms with E-state index in [0.29, 0.717) is 40.9 Å². The smallest absolute Gasteiger partial charge is 0.243 e. The van der Waals surface area contributed by atoms with Crippen LogP contribution in [0, 0.1) is 25.7 Å². The molecule has 0 aromatic heterocycles. The highest BCUT2D eigenvalue weighted by molar-refractivity contribution is 7.89. The molecule has 1 aliphatic carbocycles. The van der Waals surface area contributed by atoms with E-state index in [1.807, 2.05) is 13.8 Å². The van der Waals surface area contributed by atoms with E-state index in [1.165, 1.54) is 57.2 Å². The van der Waals surface area contributed by atoms with Gasteiger partial charge in [0, 0.05) is 36.1 Å². The fourth-order valence-electron chi connectivity index (χ4n) is 8.20. The van der Waals surface area contributed by atoms with Gasteiger partial charge in [-0.25, -0.2) is 8.42 Å². The van der Waals surface area contributed by atoms with Crippen LogP contribution in [0.3, 0.4) is 0 Å². The van der Waals surface area contributed by atoms with Gasteiger partial charge in [0.15, 0.2) is 0 Å². The van der Waals surface area contributed by atoms with Crippen molar-refractivity contribution in [1.29, 1.82) is 0 Å². The summed E-state index contributed by atoms with van der Waals surface area (Å²) in [5.74, 6) is 0.680. The maximum atomic E-state index is 13.8. The van der Waals surface area contributed by atoms with Crippen LogP contribution in [0.4, 0.5) is 0 Å². The second-order valence-corrected chi connectivity index (χ2v) is 16.0. The Labute approximate surface area is 271 Å². The normalized spacial score (nSPS) is 26.0. The molecule has 2 aliphatic heterocycles. The van der Waals surface area contributed by atoms with Crippen LogP contribution in [0.5, 0.6) is 0 Å². The van der Waals surface area contributed by atoms with Crippen LogP contribution in [0.15, 0.2) is 47.4 Å². The molecule has 3 fully saturated rings. The molecule has 2 heterocycles. The molecule has 0 spiro atoms. The summed E-state index contributed by atoms with van der Waals surface area (Å²) < 4.78 is 29.3. The fourth-order valence-corrected chi connectivity index (χ4v) is 10.5. The molecule has 6 nitrogen and oxygen atoms in total. The Bertz CT molecular complexity index is 1370. The summed E-state index contributed by atoms with van der Waals surface area (Å²) >= 11 is 6.26. The molecule has 1 saturated carbocycles. The topological polar surface area (TPSA) is 69.7 Å². The van der Waals surface area contributed by atoms with E-state index >= 15 is 0 Å². The third kappa shape index (κ3) is 7.37. The minimum Gasteiger partial charge on any atom is -0.356 e. The number of halogens is 1. The van der Waals surface area contributed by atoms with Crippen LogP contribution >= 0.6 is 11.6 Å². The molecule has 2 aromatic rings. The first-order chi connectivity index (χ1) is 21.1. The van der Waals surface area contributed by atoms with E-state index in [1.54, 1.807) is 23.4 Å². The Kier molecular flexibility index (Phi) is 11.1. The van der Waals surface area contributed by atoms with Crippen LogP contribution in [0.25, 0.3) is 0 Å². The number of hydrogen-bond donors (Lipinski definition) is 1. The van der Waals surface area contributed by atoms with Gasteiger partial charge in [0.05, 0.1) is 4.90 Å². The van der Waals surface area contributed by atoms with Gasteiger partial charge < -0.3 is 5.32 Å². The number of aryl methyl sites for hydroxylation is 2. The fraction of sp³-hybridized carbons (Fsp3) is 0.639. The third-order valence-electron chi connectivity index (χ3n) is 10.8. The Morgan fingerprint density at radius 1 is 0.977 bits per heavy atom. The van der Waals surface area contributed by atoms with Crippen LogP contribution in [-0.4, -0.2) is 55.8 Å². The zero-order valence-corrected chi connectivity index (χ0v) is 28.6. The largest absolute Gasteiger partial charge is 0.356 e. The van der Waals surface area contributed by atoms with Crippen molar-refractivity contribution in [2.24, 2.45) is 11.8 Å². The second kappa shape index (κ2) is 14.7. The highest BCUT2D eigenvalue weighted by Crippen LogP contribution is 2.46. The summed E-state index contributed by atoms with van der Waals surface area (Å²) in [7, 11) is -3.69. The summed E-state index contributed by atoms with van der Waals surface area (Å²) in [6.07, 6.45) is 12.6. The standard InChI is InChI=1S/C36H52ClN3O3S/c1-27-25-34(29(3)24-32(27)37)44(42,43)40-23-8-7-15-33(40)28(2)26-35(41)38-20-11-12-30-16-18-36(19-17-30,39-21-9-10-22-39)31-13-5-4-6-14-31/h4-6,13-14,24-25,28,30,33H,7-12,15-23,26H2,1-3H3,(H,38,41). The molecule has 0 bridgehead atoms. The molecule has 2 atom stereocenters. The van der Waals surface area contributed by atoms with Gasteiger partial charge in [0.2, 0.25) is 15.9 Å². The van der Waals surface area contributed by atoms with Crippen molar-refractivity contribution in [3.8, 4) is 0 Å². The van der Waals surface area contributed by atoms with Crippen molar-refractivity contribution in [2.75, 3.05) is 26.2 Å². The SMILES string of the molecule is Cc1cc(S(=O)(=O)N2CCCCC2C(C)CC(=O)NCCCC2CCC(c3ccccc3)(N3CCCC3)CC2)c(C)cc1Cl. The number of rotatable bonds is 11. The van der Waals surface area contributed by atoms with E-state index in [9.17, 15) is 13.2 Å². The molecule has 0 radical (unpaired) electrons. The number of piperidine rings is 1. The predicted octanol–water partition coefficient (Wildman–Crippen LogP) is 7.60. The molecule has 5 rings (SSSR count). The molecule has 2 unspecified atom stereocenters. The molecule has 1 N–H and O–H groups in total. The highest BCUT2D eigenvalue weighted by Gasteiger charge is 2.42. The summed E-state index contributed by atoms with van der Waals surface area (Å²) in [6, 6.07) is 14.4. The zero-order chi connectivity index (χ0) is 31.3. The lowest BCUT2D eigenvalue weighted by molar-refractivity contribution is -0.122. The molecule has 242 valence electrons. The predicted molar refractivity (Wildman–Crippen MR) is 179 cm³/mol. The maximum absolute atomic E-state index is 13.8. The average Bonchev–Trinajstić information content (AvgIpc) is 3.58. The number of benzene rings is 2. The van der Waals surface area contributed by atoms with E-state index in [-0.39, 0.29) is 23.4 Å². The first-order valence-corrected chi connectivity index (χ1v) is 18.8. The number of likely N-dealkylation sites (tertiary alicyclic amines) is 1. The summed E-state index contributed by atoms with van der Waals surface area (Å²) in [5, 5.41) is 3.73. The van der Waals surface area contributed by atoms with Gasteiger partial charge in [-0.15, -0.1) is 0 Å². The lowest BCUT2D eigenvalue weighted by atomic mass is 9.70. The van der Waals surface area contributed by atoms with Gasteiger partial charge in [-0.1, -0.05) is 55.3 Å². The first kappa shape index (κ1) is 33.4. The molecule has 3 aliphatic rings. The van der Waals surface area contributed by atoms with E-state index in [0.717, 1.165) is 37.7 Å². The van der Waals surface area contributed by atoms with Gasteiger partial charge in [0.1, 0.15) is 0 Å². The summed E-state index contributed by atoms with van der Waals surface area (Å²) in [6.45, 7) is 9.28. The molecule has 2 aromatic carbocycles. The van der Waals surface area contributed by atoms with Gasteiger partial charge in [-0.3, -0.25) is 9.69 Å². The van der Waals surface area contributed by atoms with Crippen molar-refractivity contribution in [2.45, 2.75) is 114 Å². The Hall–Kier alpha value is -1.93. The van der Waals surface area contributed by atoms with Crippen LogP contribution in [0.2, 0.25) is 5.02 Å². The first-order valence-electron chi connectivity index (χ1n) is 17.0. The van der Waals surface area contributed by atoms with E-state index < -0.39 is 10.0 Å². The van der Waals surface area contributed by atoms with Crippen LogP contribution < -0.4 is 5.32 Å². The average molecular weight is 642 g/mol. The molecule has 8 heteroatoms. The zero-order valence-electron chi connectivity index (χ0n) is 27.0. The third-order valence-corrected chi connectivity index (χ3v) is 13.2. The second-order valence-electron chi connectivity index (χ2n) is 13.8. The molecule has 1 amide bonds. The minimum atomic E-state index is -3.69. The number of carbonyl (C=O) groups is 1. The van der Waals surface area contributed by atoms with Crippen molar-refractivity contribution in [1.82, 2.24) is 14.5 Å². The number of amides is 1. The number of carbonyl (C=O) groups excluding carboxylic acids is 1. The molecule has 2 saturated heterocycles.